The summed E-state index contributed by atoms with van der Waals surface area (Å²) in [6, 6.07) is 23.8. The quantitative estimate of drug-likeness (QED) is 0.326. The normalized spacial score (nSPS) is 17.4. The van der Waals surface area contributed by atoms with Gasteiger partial charge in [-0.25, -0.2) is 0 Å². The predicted molar refractivity (Wildman–Crippen MR) is 146 cm³/mol. The van der Waals surface area contributed by atoms with E-state index < -0.39 is 0 Å². The number of aromatic nitrogens is 2. The number of fused-ring (bicyclic) bond motifs is 1. The maximum atomic E-state index is 13.0. The Morgan fingerprint density at radius 3 is 2.72 bits per heavy atom. The van der Waals surface area contributed by atoms with E-state index >= 15 is 0 Å². The number of ether oxygens (including phenoxy) is 1. The SMILES string of the molecule is COCCn1cccc1C1C(c2ccccn2)NC(=S)N1CCC(=O)Nc1cccc2ccccc12. The van der Waals surface area contributed by atoms with Crippen molar-refractivity contribution < 1.29 is 9.53 Å². The van der Waals surface area contributed by atoms with Gasteiger partial charge in [0.2, 0.25) is 5.91 Å². The molecule has 3 heterocycles. The number of nitrogens with one attached hydrogen (secondary N) is 2. The van der Waals surface area contributed by atoms with Gasteiger partial charge in [0.05, 0.1) is 24.4 Å². The third-order valence-electron chi connectivity index (χ3n) is 6.55. The summed E-state index contributed by atoms with van der Waals surface area (Å²) in [5.74, 6) is -0.0519. The number of nitrogens with zero attached hydrogens (tertiary/aromatic N) is 3. The van der Waals surface area contributed by atoms with E-state index in [-0.39, 0.29) is 18.0 Å². The predicted octanol–water partition coefficient (Wildman–Crippen LogP) is 4.68. The Morgan fingerprint density at radius 2 is 1.89 bits per heavy atom. The molecule has 2 unspecified atom stereocenters. The van der Waals surface area contributed by atoms with Crippen molar-refractivity contribution in [3.8, 4) is 0 Å². The van der Waals surface area contributed by atoms with Crippen LogP contribution in [0.4, 0.5) is 5.69 Å². The molecule has 0 radical (unpaired) electrons. The van der Waals surface area contributed by atoms with Crippen molar-refractivity contribution in [2.24, 2.45) is 0 Å². The third kappa shape index (κ3) is 4.96. The highest BCUT2D eigenvalue weighted by molar-refractivity contribution is 7.80. The Bertz CT molecular complexity index is 1350. The number of methoxy groups -OCH3 is 1. The Hall–Kier alpha value is -3.75. The standard InChI is InChI=1S/C28H29N5O2S/c1-35-19-18-32-16-7-13-24(32)27-26(23-11-4-5-15-29-23)31-28(36)33(27)17-14-25(34)30-22-12-6-9-20-8-2-3-10-21(20)22/h2-13,15-16,26-27H,14,17-19H2,1H3,(H,30,34)(H,31,36). The molecule has 0 spiro atoms. The molecular formula is C28H29N5O2S. The molecule has 184 valence electrons. The number of amides is 1. The van der Waals surface area contributed by atoms with Gasteiger partial charge >= 0.3 is 0 Å². The van der Waals surface area contributed by atoms with Crippen LogP contribution < -0.4 is 10.6 Å². The second-order valence-corrected chi connectivity index (χ2v) is 9.15. The summed E-state index contributed by atoms with van der Waals surface area (Å²) in [6.07, 6.45) is 4.15. The number of benzene rings is 2. The van der Waals surface area contributed by atoms with E-state index in [1.165, 1.54) is 0 Å². The van der Waals surface area contributed by atoms with Crippen LogP contribution in [0.1, 0.15) is 29.9 Å². The van der Waals surface area contributed by atoms with Gasteiger partial charge in [-0.15, -0.1) is 0 Å². The zero-order valence-corrected chi connectivity index (χ0v) is 20.9. The molecule has 7 nitrogen and oxygen atoms in total. The summed E-state index contributed by atoms with van der Waals surface area (Å²) >= 11 is 5.77. The number of rotatable bonds is 9. The Balaban J connectivity index is 1.37. The second kappa shape index (κ2) is 10.9. The van der Waals surface area contributed by atoms with Crippen molar-refractivity contribution in [3.05, 3.63) is 96.6 Å². The summed E-state index contributed by atoms with van der Waals surface area (Å²) in [4.78, 5) is 19.7. The van der Waals surface area contributed by atoms with Crippen LogP contribution in [0.2, 0.25) is 0 Å². The molecule has 1 amide bonds. The zero-order valence-electron chi connectivity index (χ0n) is 20.1. The zero-order chi connectivity index (χ0) is 24.9. The maximum Gasteiger partial charge on any atom is 0.226 e. The van der Waals surface area contributed by atoms with Gasteiger partial charge in [-0.3, -0.25) is 9.78 Å². The van der Waals surface area contributed by atoms with Crippen LogP contribution in [0, 0.1) is 0 Å². The highest BCUT2D eigenvalue weighted by atomic mass is 32.1. The van der Waals surface area contributed by atoms with Crippen LogP contribution in [-0.4, -0.2) is 45.7 Å². The van der Waals surface area contributed by atoms with Crippen LogP contribution in [0.25, 0.3) is 10.8 Å². The lowest BCUT2D eigenvalue weighted by Gasteiger charge is -2.28. The summed E-state index contributed by atoms with van der Waals surface area (Å²) in [7, 11) is 1.70. The van der Waals surface area contributed by atoms with E-state index in [2.05, 4.69) is 37.3 Å². The molecule has 0 bridgehead atoms. The molecule has 1 aliphatic heterocycles. The smallest absolute Gasteiger partial charge is 0.226 e. The fourth-order valence-electron chi connectivity index (χ4n) is 4.83. The average molecular weight is 500 g/mol. The number of hydrogen-bond acceptors (Lipinski definition) is 4. The molecule has 1 saturated heterocycles. The molecule has 1 fully saturated rings. The average Bonchev–Trinajstić information content (AvgIpc) is 3.50. The largest absolute Gasteiger partial charge is 0.383 e. The van der Waals surface area contributed by atoms with Crippen molar-refractivity contribution in [1.82, 2.24) is 19.8 Å². The molecule has 1 aliphatic rings. The number of pyridine rings is 1. The lowest BCUT2D eigenvalue weighted by atomic mass is 10.0. The van der Waals surface area contributed by atoms with E-state index in [9.17, 15) is 4.79 Å². The van der Waals surface area contributed by atoms with Crippen LogP contribution >= 0.6 is 12.2 Å². The Labute approximate surface area is 216 Å². The highest BCUT2D eigenvalue weighted by Gasteiger charge is 2.41. The lowest BCUT2D eigenvalue weighted by Crippen LogP contribution is -2.33. The fraction of sp³-hybridized carbons (Fsp3) is 0.250. The van der Waals surface area contributed by atoms with Crippen molar-refractivity contribution in [2.75, 3.05) is 25.6 Å². The number of hydrogen-bond donors (Lipinski definition) is 2. The first-order valence-electron chi connectivity index (χ1n) is 12.1. The minimum Gasteiger partial charge on any atom is -0.383 e. The van der Waals surface area contributed by atoms with E-state index in [1.807, 2.05) is 66.7 Å². The summed E-state index contributed by atoms with van der Waals surface area (Å²) < 4.78 is 7.50. The number of carbonyl (C=O) groups excluding carboxylic acids is 1. The third-order valence-corrected chi connectivity index (χ3v) is 6.90. The lowest BCUT2D eigenvalue weighted by molar-refractivity contribution is -0.116. The van der Waals surface area contributed by atoms with Gasteiger partial charge in [0.15, 0.2) is 5.11 Å². The summed E-state index contributed by atoms with van der Waals surface area (Å²) in [6.45, 7) is 1.81. The topological polar surface area (TPSA) is 71.4 Å². The first kappa shape index (κ1) is 24.0. The minimum atomic E-state index is -0.129. The number of thiocarbonyl (C=S) groups is 1. The molecule has 2 atom stereocenters. The van der Waals surface area contributed by atoms with Gasteiger partial charge in [0, 0.05) is 55.8 Å². The molecule has 36 heavy (non-hydrogen) atoms. The first-order valence-corrected chi connectivity index (χ1v) is 12.5. The molecule has 2 N–H and O–H groups in total. The van der Waals surface area contributed by atoms with Crippen LogP contribution in [0.15, 0.2) is 85.2 Å². The molecule has 8 heteroatoms. The summed E-state index contributed by atoms with van der Waals surface area (Å²) in [5.41, 5.74) is 2.83. The Morgan fingerprint density at radius 1 is 1.06 bits per heavy atom. The van der Waals surface area contributed by atoms with Crippen molar-refractivity contribution >= 4 is 39.7 Å². The molecule has 0 aliphatic carbocycles. The van der Waals surface area contributed by atoms with Gasteiger partial charge in [-0.05, 0) is 47.9 Å². The number of anilines is 1. The maximum absolute atomic E-state index is 13.0. The fourth-order valence-corrected chi connectivity index (χ4v) is 5.16. The van der Waals surface area contributed by atoms with Gasteiger partial charge in [0.1, 0.15) is 0 Å². The molecular weight excluding hydrogens is 470 g/mol. The van der Waals surface area contributed by atoms with Crippen LogP contribution in [-0.2, 0) is 16.1 Å². The molecule has 4 aromatic rings. The molecule has 5 rings (SSSR count). The Kier molecular flexibility index (Phi) is 7.25. The molecule has 0 saturated carbocycles. The minimum absolute atomic E-state index is 0.0519. The van der Waals surface area contributed by atoms with Crippen molar-refractivity contribution in [3.63, 3.8) is 0 Å². The van der Waals surface area contributed by atoms with Crippen LogP contribution in [0.5, 0.6) is 0 Å². The summed E-state index contributed by atoms with van der Waals surface area (Å²) in [5, 5.41) is 9.29. The van der Waals surface area contributed by atoms with Crippen molar-refractivity contribution in [2.45, 2.75) is 25.0 Å². The number of carbonyl (C=O) groups is 1. The van der Waals surface area contributed by atoms with Gasteiger partial charge < -0.3 is 24.8 Å². The van der Waals surface area contributed by atoms with Gasteiger partial charge in [-0.2, -0.15) is 0 Å². The molecule has 2 aromatic heterocycles. The van der Waals surface area contributed by atoms with Gasteiger partial charge in [-0.1, -0.05) is 42.5 Å². The van der Waals surface area contributed by atoms with E-state index in [1.54, 1.807) is 13.3 Å². The van der Waals surface area contributed by atoms with Gasteiger partial charge in [0.25, 0.3) is 0 Å². The van der Waals surface area contributed by atoms with Crippen molar-refractivity contribution in [1.29, 1.82) is 0 Å². The van der Waals surface area contributed by atoms with Crippen LogP contribution in [0.3, 0.4) is 0 Å². The molecule has 2 aromatic carbocycles. The van der Waals surface area contributed by atoms with E-state index in [4.69, 9.17) is 17.0 Å². The second-order valence-electron chi connectivity index (χ2n) is 8.76. The first-order chi connectivity index (χ1) is 17.7. The highest BCUT2D eigenvalue weighted by Crippen LogP contribution is 2.38. The van der Waals surface area contributed by atoms with E-state index in [0.29, 0.717) is 24.7 Å². The monoisotopic (exact) mass is 499 g/mol. The van der Waals surface area contributed by atoms with E-state index in [0.717, 1.165) is 34.4 Å².